The number of carbonyl (C=O) groups is 1. The van der Waals surface area contributed by atoms with Gasteiger partial charge in [0.05, 0.1) is 16.1 Å². The van der Waals surface area contributed by atoms with Crippen molar-refractivity contribution in [3.05, 3.63) is 48.0 Å². The Bertz CT molecular complexity index is 930. The van der Waals surface area contributed by atoms with E-state index in [1.807, 2.05) is 0 Å². The number of fused-ring (bicyclic) bond motifs is 1. The number of benzene rings is 2. The molecule has 1 heterocycles. The van der Waals surface area contributed by atoms with E-state index in [2.05, 4.69) is 15.4 Å². The zero-order chi connectivity index (χ0) is 19.3. The van der Waals surface area contributed by atoms with Crippen LogP contribution in [0.2, 0.25) is 0 Å². The molecule has 27 heavy (non-hydrogen) atoms. The molecule has 3 rings (SSSR count). The lowest BCUT2D eigenvalue weighted by Gasteiger charge is -2.19. The predicted molar refractivity (Wildman–Crippen MR) is 101 cm³/mol. The van der Waals surface area contributed by atoms with Crippen molar-refractivity contribution in [1.29, 1.82) is 0 Å². The fraction of sp³-hybridized carbons (Fsp3) is 0.278. The lowest BCUT2D eigenvalue weighted by molar-refractivity contribution is 0.0955. The molecule has 3 N–H and O–H groups in total. The summed E-state index contributed by atoms with van der Waals surface area (Å²) < 4.78 is 38.9. The molecule has 0 unspecified atom stereocenters. The molecule has 8 nitrogen and oxygen atoms in total. The lowest BCUT2D eigenvalue weighted by atomic mass is 10.1. The van der Waals surface area contributed by atoms with Crippen LogP contribution in [0.15, 0.2) is 47.4 Å². The van der Waals surface area contributed by atoms with E-state index in [0.717, 1.165) is 0 Å². The van der Waals surface area contributed by atoms with Crippen LogP contribution in [0.5, 0.6) is 11.5 Å². The molecule has 1 amide bonds. The highest BCUT2D eigenvalue weighted by Gasteiger charge is 2.21. The van der Waals surface area contributed by atoms with Crippen molar-refractivity contribution in [3.63, 3.8) is 0 Å². The molecule has 0 saturated heterocycles. The van der Waals surface area contributed by atoms with E-state index in [1.54, 1.807) is 37.4 Å². The van der Waals surface area contributed by atoms with Crippen LogP contribution >= 0.6 is 0 Å². The van der Waals surface area contributed by atoms with Crippen molar-refractivity contribution in [2.24, 2.45) is 0 Å². The van der Waals surface area contributed by atoms with Gasteiger partial charge in [-0.25, -0.2) is 8.42 Å². The van der Waals surface area contributed by atoms with Gasteiger partial charge in [-0.15, -0.1) is 0 Å². The van der Waals surface area contributed by atoms with Crippen LogP contribution in [0, 0.1) is 0 Å². The van der Waals surface area contributed by atoms with Crippen LogP contribution < -0.4 is 24.8 Å². The summed E-state index contributed by atoms with van der Waals surface area (Å²) in [7, 11) is -2.13. The van der Waals surface area contributed by atoms with Crippen molar-refractivity contribution in [2.75, 3.05) is 38.1 Å². The molecule has 2 aromatic rings. The highest BCUT2D eigenvalue weighted by atomic mass is 32.2. The minimum Gasteiger partial charge on any atom is -0.486 e. The zero-order valence-corrected chi connectivity index (χ0v) is 15.6. The summed E-state index contributed by atoms with van der Waals surface area (Å²) in [5.41, 5.74) is 0.448. The van der Waals surface area contributed by atoms with Crippen molar-refractivity contribution in [3.8, 4) is 11.5 Å². The van der Waals surface area contributed by atoms with Gasteiger partial charge < -0.3 is 20.1 Å². The second kappa shape index (κ2) is 8.28. The van der Waals surface area contributed by atoms with Crippen LogP contribution in [-0.4, -0.2) is 47.7 Å². The van der Waals surface area contributed by atoms with E-state index in [0.29, 0.717) is 37.8 Å². The number of carbonyl (C=O) groups excluding carboxylic acids is 1. The van der Waals surface area contributed by atoms with Gasteiger partial charge in [0.2, 0.25) is 0 Å². The standard InChI is InChI=1S/C18H21N3O5S/c1-19-8-9-20-18(22)14-4-2-3-5-15(14)21-27(23,24)13-6-7-16-17(12-13)26-11-10-25-16/h2-7,12,19,21H,8-11H2,1H3,(H,20,22). The van der Waals surface area contributed by atoms with Gasteiger partial charge in [-0.1, -0.05) is 12.1 Å². The summed E-state index contributed by atoms with van der Waals surface area (Å²) in [5, 5.41) is 5.66. The number of sulfonamides is 1. The van der Waals surface area contributed by atoms with E-state index in [4.69, 9.17) is 9.47 Å². The second-order valence-corrected chi connectivity index (χ2v) is 7.50. The number of nitrogens with one attached hydrogen (secondary N) is 3. The Labute approximate surface area is 157 Å². The zero-order valence-electron chi connectivity index (χ0n) is 14.8. The molecule has 0 radical (unpaired) electrons. The van der Waals surface area contributed by atoms with E-state index >= 15 is 0 Å². The Morgan fingerprint density at radius 1 is 1.04 bits per heavy atom. The topological polar surface area (TPSA) is 106 Å². The monoisotopic (exact) mass is 391 g/mol. The number of rotatable bonds is 7. The third kappa shape index (κ3) is 4.50. The Balaban J connectivity index is 1.83. The summed E-state index contributed by atoms with van der Waals surface area (Å²) in [6.07, 6.45) is 0. The number of likely N-dealkylation sites (N-methyl/N-ethyl adjacent to an activating group) is 1. The first-order valence-electron chi connectivity index (χ1n) is 8.45. The quantitative estimate of drug-likeness (QED) is 0.613. The lowest BCUT2D eigenvalue weighted by Crippen LogP contribution is -2.31. The van der Waals surface area contributed by atoms with Crippen molar-refractivity contribution >= 4 is 21.6 Å². The molecule has 9 heteroatoms. The van der Waals surface area contributed by atoms with Crippen LogP contribution in [0.3, 0.4) is 0 Å². The Morgan fingerprint density at radius 3 is 2.56 bits per heavy atom. The second-order valence-electron chi connectivity index (χ2n) is 5.82. The van der Waals surface area contributed by atoms with E-state index in [1.165, 1.54) is 12.1 Å². The van der Waals surface area contributed by atoms with Crippen molar-refractivity contribution in [2.45, 2.75) is 4.90 Å². The largest absolute Gasteiger partial charge is 0.486 e. The molecule has 144 valence electrons. The smallest absolute Gasteiger partial charge is 0.262 e. The summed E-state index contributed by atoms with van der Waals surface area (Å²) in [6, 6.07) is 10.8. The maximum absolute atomic E-state index is 12.8. The summed E-state index contributed by atoms with van der Waals surface area (Å²) >= 11 is 0. The minimum absolute atomic E-state index is 0.0251. The third-order valence-corrected chi connectivity index (χ3v) is 5.26. The SMILES string of the molecule is CNCCNC(=O)c1ccccc1NS(=O)(=O)c1ccc2c(c1)OCCO2. The maximum Gasteiger partial charge on any atom is 0.262 e. The molecule has 1 aliphatic rings. The first-order valence-corrected chi connectivity index (χ1v) is 9.94. The molecular weight excluding hydrogens is 370 g/mol. The molecule has 0 aromatic heterocycles. The van der Waals surface area contributed by atoms with Crippen LogP contribution in [0.1, 0.15) is 10.4 Å². The van der Waals surface area contributed by atoms with Gasteiger partial charge in [-0.3, -0.25) is 9.52 Å². The molecule has 0 bridgehead atoms. The van der Waals surface area contributed by atoms with Crippen LogP contribution in [0.4, 0.5) is 5.69 Å². The van der Waals surface area contributed by atoms with E-state index in [-0.39, 0.29) is 22.1 Å². The van der Waals surface area contributed by atoms with E-state index < -0.39 is 10.0 Å². The van der Waals surface area contributed by atoms with Gasteiger partial charge in [0.1, 0.15) is 13.2 Å². The van der Waals surface area contributed by atoms with Gasteiger partial charge in [0.25, 0.3) is 15.9 Å². The third-order valence-electron chi connectivity index (χ3n) is 3.90. The molecule has 0 saturated carbocycles. The fourth-order valence-electron chi connectivity index (χ4n) is 2.56. The Hall–Kier alpha value is -2.78. The minimum atomic E-state index is -3.91. The number of para-hydroxylation sites is 1. The molecule has 1 aliphatic heterocycles. The summed E-state index contributed by atoms with van der Waals surface area (Å²) in [5.74, 6) is 0.525. The number of anilines is 1. The van der Waals surface area contributed by atoms with Crippen molar-refractivity contribution in [1.82, 2.24) is 10.6 Å². The number of hydrogen-bond acceptors (Lipinski definition) is 6. The van der Waals surface area contributed by atoms with E-state index in [9.17, 15) is 13.2 Å². The maximum atomic E-state index is 12.8. The van der Waals surface area contributed by atoms with Gasteiger partial charge in [-0.05, 0) is 31.3 Å². The highest BCUT2D eigenvalue weighted by molar-refractivity contribution is 7.92. The van der Waals surface area contributed by atoms with Crippen LogP contribution in [0.25, 0.3) is 0 Å². The van der Waals surface area contributed by atoms with Gasteiger partial charge in [-0.2, -0.15) is 0 Å². The predicted octanol–water partition coefficient (Wildman–Crippen LogP) is 1.21. The van der Waals surface area contributed by atoms with Gasteiger partial charge >= 0.3 is 0 Å². The molecule has 0 spiro atoms. The number of hydrogen-bond donors (Lipinski definition) is 3. The molecule has 2 aromatic carbocycles. The number of amides is 1. The first kappa shape index (κ1) is 19.0. The average molecular weight is 391 g/mol. The number of ether oxygens (including phenoxy) is 2. The van der Waals surface area contributed by atoms with Crippen LogP contribution in [-0.2, 0) is 10.0 Å². The Kier molecular flexibility index (Phi) is 5.82. The molecule has 0 fully saturated rings. The normalized spacial score (nSPS) is 13.1. The highest BCUT2D eigenvalue weighted by Crippen LogP contribution is 2.33. The van der Waals surface area contributed by atoms with Crippen molar-refractivity contribution < 1.29 is 22.7 Å². The molecular formula is C18H21N3O5S. The van der Waals surface area contributed by atoms with Gasteiger partial charge in [0, 0.05) is 19.2 Å². The summed E-state index contributed by atoms with van der Waals surface area (Å²) in [6.45, 7) is 1.82. The average Bonchev–Trinajstić information content (AvgIpc) is 2.68. The molecule has 0 aliphatic carbocycles. The summed E-state index contributed by atoms with van der Waals surface area (Å²) in [4.78, 5) is 12.4. The Morgan fingerprint density at radius 2 is 1.78 bits per heavy atom. The molecule has 0 atom stereocenters. The van der Waals surface area contributed by atoms with Gasteiger partial charge in [0.15, 0.2) is 11.5 Å². The fourth-order valence-corrected chi connectivity index (χ4v) is 3.66. The first-order chi connectivity index (χ1) is 13.0.